The van der Waals surface area contributed by atoms with Crippen molar-refractivity contribution >= 4 is 11.9 Å². The zero-order valence-corrected chi connectivity index (χ0v) is 17.6. The first-order chi connectivity index (χ1) is 14.0. The molecule has 0 aromatic heterocycles. The third kappa shape index (κ3) is 6.76. The molecule has 3 atom stereocenters. The van der Waals surface area contributed by atoms with Crippen molar-refractivity contribution in [1.29, 1.82) is 0 Å². The summed E-state index contributed by atoms with van der Waals surface area (Å²) < 4.78 is 4.76. The molecule has 1 unspecified atom stereocenters. The first-order valence-electron chi connectivity index (χ1n) is 10.2. The van der Waals surface area contributed by atoms with Gasteiger partial charge in [0.05, 0.1) is 24.8 Å². The van der Waals surface area contributed by atoms with Crippen molar-refractivity contribution < 1.29 is 19.4 Å². The van der Waals surface area contributed by atoms with Crippen LogP contribution in [-0.4, -0.2) is 47.7 Å². The molecule has 29 heavy (non-hydrogen) atoms. The zero-order chi connectivity index (χ0) is 21.2. The largest absolute Gasteiger partial charge is 0.465 e. The van der Waals surface area contributed by atoms with E-state index in [9.17, 15) is 14.7 Å². The molecule has 1 amide bonds. The second-order valence-electron chi connectivity index (χ2n) is 7.47. The quantitative estimate of drug-likeness (QED) is 0.394. The fourth-order valence-corrected chi connectivity index (χ4v) is 3.49. The number of hydrogen-bond donors (Lipinski definition) is 1. The minimum absolute atomic E-state index is 0.0306. The van der Waals surface area contributed by atoms with Gasteiger partial charge in [-0.2, -0.15) is 0 Å². The van der Waals surface area contributed by atoms with Crippen LogP contribution in [0.3, 0.4) is 0 Å². The smallest absolute Gasteiger partial charge is 0.337 e. The Labute approximate surface area is 173 Å². The van der Waals surface area contributed by atoms with Crippen LogP contribution < -0.4 is 0 Å². The highest BCUT2D eigenvalue weighted by Crippen LogP contribution is 2.22. The van der Waals surface area contributed by atoms with Gasteiger partial charge in [-0.1, -0.05) is 31.2 Å². The number of ether oxygens (including phenoxy) is 1. The normalized spacial score (nSPS) is 18.4. The molecule has 0 bridgehead atoms. The molecule has 0 radical (unpaired) electrons. The molecule has 1 aromatic rings. The summed E-state index contributed by atoms with van der Waals surface area (Å²) in [5.41, 5.74) is 1.59. The van der Waals surface area contributed by atoms with E-state index >= 15 is 0 Å². The molecule has 0 spiro atoms. The van der Waals surface area contributed by atoms with E-state index in [1.807, 2.05) is 36.1 Å². The van der Waals surface area contributed by atoms with Crippen LogP contribution in [0.5, 0.6) is 0 Å². The van der Waals surface area contributed by atoms with Gasteiger partial charge in [0.25, 0.3) is 0 Å². The average molecular weight is 398 g/mol. The summed E-state index contributed by atoms with van der Waals surface area (Å²) in [6, 6.07) is 7.43. The lowest BCUT2D eigenvalue weighted by atomic mass is 10.00. The summed E-state index contributed by atoms with van der Waals surface area (Å²) in [5.74, 6) is 5.72. The highest BCUT2D eigenvalue weighted by atomic mass is 16.5. The maximum absolute atomic E-state index is 12.3. The summed E-state index contributed by atoms with van der Waals surface area (Å²) in [4.78, 5) is 25.8. The second-order valence-corrected chi connectivity index (χ2v) is 7.47. The monoisotopic (exact) mass is 397 g/mol. The summed E-state index contributed by atoms with van der Waals surface area (Å²) in [5, 5.41) is 10.3. The fraction of sp³-hybridized carbons (Fsp3) is 0.500. The predicted octanol–water partition coefficient (Wildman–Crippen LogP) is 3.36. The maximum Gasteiger partial charge on any atom is 0.337 e. The molecule has 1 fully saturated rings. The Kier molecular flexibility index (Phi) is 8.95. The third-order valence-corrected chi connectivity index (χ3v) is 5.30. The van der Waals surface area contributed by atoms with Crippen LogP contribution in [0.15, 0.2) is 36.4 Å². The molecule has 1 aliphatic heterocycles. The molecule has 1 aromatic carbocycles. The molecular formula is C24H31NO4. The number of benzene rings is 1. The minimum Gasteiger partial charge on any atom is -0.465 e. The molecule has 1 aliphatic rings. The third-order valence-electron chi connectivity index (χ3n) is 5.30. The van der Waals surface area contributed by atoms with E-state index in [1.165, 1.54) is 7.11 Å². The lowest BCUT2D eigenvalue weighted by molar-refractivity contribution is -0.128. The topological polar surface area (TPSA) is 66.8 Å². The summed E-state index contributed by atoms with van der Waals surface area (Å²) in [6.07, 6.45) is 6.77. The first-order valence-corrected chi connectivity index (χ1v) is 10.2. The van der Waals surface area contributed by atoms with Crippen molar-refractivity contribution in [3.05, 3.63) is 47.5 Å². The van der Waals surface area contributed by atoms with Crippen molar-refractivity contribution in [3.8, 4) is 11.8 Å². The van der Waals surface area contributed by atoms with Gasteiger partial charge in [0, 0.05) is 19.4 Å². The Morgan fingerprint density at radius 3 is 2.97 bits per heavy atom. The number of aliphatic hydroxyl groups excluding tert-OH is 1. The molecule has 5 heteroatoms. The molecular weight excluding hydrogens is 366 g/mol. The lowest BCUT2D eigenvalue weighted by Gasteiger charge is -2.23. The number of methoxy groups -OCH3 is 1. The average Bonchev–Trinajstić information content (AvgIpc) is 3.09. The van der Waals surface area contributed by atoms with Crippen LogP contribution in [0, 0.1) is 17.8 Å². The van der Waals surface area contributed by atoms with E-state index in [1.54, 1.807) is 19.1 Å². The molecule has 1 N–H and O–H groups in total. The Morgan fingerprint density at radius 2 is 2.24 bits per heavy atom. The number of amides is 1. The van der Waals surface area contributed by atoms with E-state index < -0.39 is 6.10 Å². The maximum atomic E-state index is 12.3. The number of esters is 1. The van der Waals surface area contributed by atoms with E-state index in [0.717, 1.165) is 24.8 Å². The molecule has 1 saturated heterocycles. The molecule has 0 aliphatic carbocycles. The van der Waals surface area contributed by atoms with Crippen LogP contribution in [0.2, 0.25) is 0 Å². The van der Waals surface area contributed by atoms with Crippen molar-refractivity contribution in [2.75, 3.05) is 13.7 Å². The molecule has 1 heterocycles. The highest BCUT2D eigenvalue weighted by molar-refractivity contribution is 5.89. The number of rotatable bonds is 9. The number of likely N-dealkylation sites (tertiary alicyclic amines) is 1. The van der Waals surface area contributed by atoms with Gasteiger partial charge in [0.2, 0.25) is 5.91 Å². The fourth-order valence-electron chi connectivity index (χ4n) is 3.49. The van der Waals surface area contributed by atoms with Crippen molar-refractivity contribution in [3.63, 3.8) is 0 Å². The van der Waals surface area contributed by atoms with E-state index in [-0.39, 0.29) is 23.8 Å². The van der Waals surface area contributed by atoms with Gasteiger partial charge in [-0.05, 0) is 49.8 Å². The minimum atomic E-state index is -0.561. The molecule has 2 rings (SSSR count). The van der Waals surface area contributed by atoms with Crippen LogP contribution in [0.1, 0.15) is 55.5 Å². The van der Waals surface area contributed by atoms with E-state index in [0.29, 0.717) is 24.9 Å². The predicted molar refractivity (Wildman–Crippen MR) is 113 cm³/mol. The Bertz CT molecular complexity index is 790. The van der Waals surface area contributed by atoms with Crippen molar-refractivity contribution in [1.82, 2.24) is 4.90 Å². The SMILES string of the molecule is CC#CC[C@H](C)[C@H](O)C=CC1CCC(=O)N1CCCc1cccc(C(=O)OC)c1. The van der Waals surface area contributed by atoms with Crippen LogP contribution in [-0.2, 0) is 16.0 Å². The number of aliphatic hydroxyl groups is 1. The van der Waals surface area contributed by atoms with E-state index in [4.69, 9.17) is 4.74 Å². The Hall–Kier alpha value is -2.58. The summed E-state index contributed by atoms with van der Waals surface area (Å²) in [6.45, 7) is 4.42. The first kappa shape index (κ1) is 22.7. The van der Waals surface area contributed by atoms with Gasteiger partial charge in [0.15, 0.2) is 0 Å². The Balaban J connectivity index is 1.90. The van der Waals surface area contributed by atoms with Crippen molar-refractivity contribution in [2.24, 2.45) is 5.92 Å². The number of carbonyl (C=O) groups is 2. The van der Waals surface area contributed by atoms with Crippen LogP contribution in [0.25, 0.3) is 0 Å². The molecule has 5 nitrogen and oxygen atoms in total. The van der Waals surface area contributed by atoms with Gasteiger partial charge in [-0.15, -0.1) is 11.8 Å². The van der Waals surface area contributed by atoms with Gasteiger partial charge in [0.1, 0.15) is 0 Å². The number of aryl methyl sites for hydroxylation is 1. The lowest BCUT2D eigenvalue weighted by Crippen LogP contribution is -2.33. The van der Waals surface area contributed by atoms with Gasteiger partial charge in [-0.3, -0.25) is 4.79 Å². The summed E-state index contributed by atoms with van der Waals surface area (Å²) >= 11 is 0. The molecule has 156 valence electrons. The van der Waals surface area contributed by atoms with Crippen LogP contribution >= 0.6 is 0 Å². The van der Waals surface area contributed by atoms with Gasteiger partial charge >= 0.3 is 5.97 Å². The van der Waals surface area contributed by atoms with Gasteiger partial charge in [-0.25, -0.2) is 4.79 Å². The standard InChI is InChI=1S/C24H31NO4/c1-4-5-8-18(2)22(26)14-12-21-13-15-23(27)25(21)16-7-10-19-9-6-11-20(17-19)24(28)29-3/h6,9,11-12,14,17-18,21-22,26H,7-8,10,13,15-16H2,1-3H3/t18-,21?,22+/m0/s1. The Morgan fingerprint density at radius 1 is 1.45 bits per heavy atom. The van der Waals surface area contributed by atoms with Gasteiger partial charge < -0.3 is 14.7 Å². The number of carbonyl (C=O) groups excluding carboxylic acids is 2. The second kappa shape index (κ2) is 11.4. The van der Waals surface area contributed by atoms with Crippen LogP contribution in [0.4, 0.5) is 0 Å². The highest BCUT2D eigenvalue weighted by Gasteiger charge is 2.28. The number of hydrogen-bond acceptors (Lipinski definition) is 4. The van der Waals surface area contributed by atoms with E-state index in [2.05, 4.69) is 11.8 Å². The zero-order valence-electron chi connectivity index (χ0n) is 17.6. The van der Waals surface area contributed by atoms with Crippen molar-refractivity contribution in [2.45, 2.75) is 58.1 Å². The molecule has 0 saturated carbocycles. The number of nitrogens with zero attached hydrogens (tertiary/aromatic N) is 1. The summed E-state index contributed by atoms with van der Waals surface area (Å²) in [7, 11) is 1.37.